The van der Waals surface area contributed by atoms with Crippen LogP contribution in [0.1, 0.15) is 53.3 Å². The number of halogens is 1. The van der Waals surface area contributed by atoms with Crippen LogP contribution in [0.3, 0.4) is 0 Å². The Balaban J connectivity index is 1.40. The fourth-order valence-corrected chi connectivity index (χ4v) is 4.72. The average molecular weight is 455 g/mol. The lowest BCUT2D eigenvalue weighted by Gasteiger charge is -2.27. The van der Waals surface area contributed by atoms with Gasteiger partial charge in [-0.15, -0.1) is 0 Å². The number of rotatable bonds is 8. The summed E-state index contributed by atoms with van der Waals surface area (Å²) in [5.74, 6) is -0.435. The van der Waals surface area contributed by atoms with E-state index in [2.05, 4.69) is 18.3 Å². The molecule has 0 radical (unpaired) electrons. The van der Waals surface area contributed by atoms with Crippen molar-refractivity contribution >= 4 is 17.8 Å². The lowest BCUT2D eigenvalue weighted by atomic mass is 10.0. The van der Waals surface area contributed by atoms with E-state index in [1.807, 2.05) is 0 Å². The zero-order valence-corrected chi connectivity index (χ0v) is 19.2. The van der Waals surface area contributed by atoms with Crippen molar-refractivity contribution in [3.8, 4) is 0 Å². The molecule has 2 aromatic rings. The number of nitrogens with zero attached hydrogens (tertiary/aromatic N) is 3. The molecule has 3 heterocycles. The third-order valence-electron chi connectivity index (χ3n) is 6.61. The number of hydrogen-bond acceptors (Lipinski definition) is 4. The number of carbonyl (C=O) groups is 2. The predicted molar refractivity (Wildman–Crippen MR) is 124 cm³/mol. The van der Waals surface area contributed by atoms with Gasteiger partial charge in [-0.2, -0.15) is 0 Å². The first-order valence-corrected chi connectivity index (χ1v) is 11.6. The Morgan fingerprint density at radius 1 is 1.24 bits per heavy atom. The molecule has 1 saturated heterocycles. The van der Waals surface area contributed by atoms with Gasteiger partial charge in [-0.3, -0.25) is 4.79 Å². The summed E-state index contributed by atoms with van der Waals surface area (Å²) in [7, 11) is 0. The van der Waals surface area contributed by atoms with E-state index >= 15 is 0 Å². The molecule has 176 valence electrons. The highest BCUT2D eigenvalue weighted by Crippen LogP contribution is 2.30. The fourth-order valence-electron chi connectivity index (χ4n) is 4.72. The molecule has 1 aromatic carbocycles. The number of aliphatic carboxylic acids is 1. The number of aromatic nitrogens is 1. The van der Waals surface area contributed by atoms with Crippen molar-refractivity contribution in [2.75, 3.05) is 31.5 Å². The number of hydrogen-bond donors (Lipinski definition) is 2. The van der Waals surface area contributed by atoms with Gasteiger partial charge in [0, 0.05) is 31.9 Å². The number of nitrogens with one attached hydrogen (secondary N) is 1. The van der Waals surface area contributed by atoms with Gasteiger partial charge < -0.3 is 20.2 Å². The highest BCUT2D eigenvalue weighted by molar-refractivity contribution is 5.78. The van der Waals surface area contributed by atoms with Crippen molar-refractivity contribution < 1.29 is 19.1 Å². The molecule has 7 nitrogen and oxygen atoms in total. The van der Waals surface area contributed by atoms with Crippen molar-refractivity contribution in [1.82, 2.24) is 14.8 Å². The molecule has 1 atom stereocenters. The summed E-state index contributed by atoms with van der Waals surface area (Å²) in [5.41, 5.74) is 4.49. The van der Waals surface area contributed by atoms with E-state index < -0.39 is 17.8 Å². The van der Waals surface area contributed by atoms with E-state index in [-0.39, 0.29) is 12.5 Å². The predicted octanol–water partition coefficient (Wildman–Crippen LogP) is 4.08. The van der Waals surface area contributed by atoms with Gasteiger partial charge in [0.25, 0.3) is 0 Å². The third-order valence-corrected chi connectivity index (χ3v) is 6.61. The van der Waals surface area contributed by atoms with Crippen LogP contribution in [-0.4, -0.2) is 58.1 Å². The maximum absolute atomic E-state index is 14.1. The van der Waals surface area contributed by atoms with Gasteiger partial charge >= 0.3 is 12.0 Å². The minimum Gasteiger partial charge on any atom is -0.481 e. The molecule has 2 amide bonds. The van der Waals surface area contributed by atoms with Crippen LogP contribution in [0.25, 0.3) is 0 Å². The summed E-state index contributed by atoms with van der Waals surface area (Å²) in [6.07, 6.45) is 3.46. The maximum atomic E-state index is 14.1. The van der Waals surface area contributed by atoms with Crippen molar-refractivity contribution in [2.24, 2.45) is 0 Å². The third kappa shape index (κ3) is 5.10. The second kappa shape index (κ2) is 9.77. The second-order valence-corrected chi connectivity index (χ2v) is 8.98. The van der Waals surface area contributed by atoms with Gasteiger partial charge in [0.15, 0.2) is 0 Å². The average Bonchev–Trinajstić information content (AvgIpc) is 3.14. The van der Waals surface area contributed by atoms with E-state index in [1.165, 1.54) is 17.2 Å². The number of pyridine rings is 1. The molecule has 2 aliphatic rings. The minimum atomic E-state index is -1.02. The zero-order valence-electron chi connectivity index (χ0n) is 19.2. The maximum Gasteiger partial charge on any atom is 0.320 e. The molecule has 0 saturated carbocycles. The lowest BCUT2D eigenvalue weighted by molar-refractivity contribution is -0.138. The Bertz CT molecular complexity index is 1060. The van der Waals surface area contributed by atoms with Crippen molar-refractivity contribution in [3.05, 3.63) is 58.0 Å². The van der Waals surface area contributed by atoms with Crippen LogP contribution >= 0.6 is 0 Å². The quantitative estimate of drug-likeness (QED) is 0.628. The standard InChI is InChI=1S/C25H31FN4O3/c1-16-7-8-18(14-20(16)26)22(15-23(31)32)30-12-11-29(25(30)33)10-4-6-21-17(2)13-19-5-3-9-27-24(19)28-21/h7-8,13-14,22H,3-6,9-12,15H2,1-2H3,(H,27,28)(H,31,32)/t22-/m0/s1. The molecule has 1 fully saturated rings. The summed E-state index contributed by atoms with van der Waals surface area (Å²) in [4.78, 5) is 32.7. The molecule has 2 aliphatic heterocycles. The molecule has 0 spiro atoms. The number of carbonyl (C=O) groups excluding carboxylic acids is 1. The Labute approximate surface area is 193 Å². The number of carboxylic acid groups (broad SMARTS) is 1. The van der Waals surface area contributed by atoms with Crippen LogP contribution in [-0.2, 0) is 17.6 Å². The number of amides is 2. The van der Waals surface area contributed by atoms with Crippen LogP contribution in [0.5, 0.6) is 0 Å². The molecular formula is C25H31FN4O3. The van der Waals surface area contributed by atoms with Crippen LogP contribution in [0, 0.1) is 19.7 Å². The Kier molecular flexibility index (Phi) is 6.81. The monoisotopic (exact) mass is 454 g/mol. The molecular weight excluding hydrogens is 423 g/mol. The SMILES string of the molecule is Cc1ccc([C@H](CC(=O)O)N2CCN(CCCc3nc4c(cc3C)CCCN4)C2=O)cc1F. The summed E-state index contributed by atoms with van der Waals surface area (Å²) in [5, 5.41) is 12.8. The Hall–Kier alpha value is -3.16. The van der Waals surface area contributed by atoms with Gasteiger partial charge in [0.2, 0.25) is 0 Å². The normalized spacial score (nSPS) is 16.5. The van der Waals surface area contributed by atoms with Gasteiger partial charge in [-0.1, -0.05) is 18.2 Å². The van der Waals surface area contributed by atoms with E-state index in [1.54, 1.807) is 28.9 Å². The number of aryl methyl sites for hydroxylation is 4. The second-order valence-electron chi connectivity index (χ2n) is 8.98. The van der Waals surface area contributed by atoms with Crippen LogP contribution in [0.15, 0.2) is 24.3 Å². The largest absolute Gasteiger partial charge is 0.481 e. The molecule has 33 heavy (non-hydrogen) atoms. The highest BCUT2D eigenvalue weighted by Gasteiger charge is 2.35. The zero-order chi connectivity index (χ0) is 23.5. The van der Waals surface area contributed by atoms with Crippen LogP contribution in [0.4, 0.5) is 15.0 Å². The molecule has 1 aromatic heterocycles. The van der Waals surface area contributed by atoms with E-state index in [9.17, 15) is 19.1 Å². The number of anilines is 1. The number of benzene rings is 1. The first-order chi connectivity index (χ1) is 15.8. The molecule has 2 N–H and O–H groups in total. The first kappa shape index (κ1) is 23.0. The van der Waals surface area contributed by atoms with E-state index in [0.717, 1.165) is 43.7 Å². The van der Waals surface area contributed by atoms with E-state index in [0.29, 0.717) is 30.8 Å². The van der Waals surface area contributed by atoms with Crippen LogP contribution < -0.4 is 5.32 Å². The van der Waals surface area contributed by atoms with Crippen molar-refractivity contribution in [1.29, 1.82) is 0 Å². The highest BCUT2D eigenvalue weighted by atomic mass is 19.1. The smallest absolute Gasteiger partial charge is 0.320 e. The molecule has 0 bridgehead atoms. The van der Waals surface area contributed by atoms with Gasteiger partial charge in [-0.25, -0.2) is 14.2 Å². The van der Waals surface area contributed by atoms with E-state index in [4.69, 9.17) is 4.98 Å². The topological polar surface area (TPSA) is 85.8 Å². The lowest BCUT2D eigenvalue weighted by Crippen LogP contribution is -2.36. The molecule has 8 heteroatoms. The molecule has 0 aliphatic carbocycles. The number of carboxylic acids is 1. The summed E-state index contributed by atoms with van der Waals surface area (Å²) in [6, 6.07) is 6.01. The Morgan fingerprint density at radius 2 is 2.06 bits per heavy atom. The number of urea groups is 1. The summed E-state index contributed by atoms with van der Waals surface area (Å²) >= 11 is 0. The molecule has 0 unspecified atom stereocenters. The van der Waals surface area contributed by atoms with Gasteiger partial charge in [0.1, 0.15) is 11.6 Å². The van der Waals surface area contributed by atoms with Crippen molar-refractivity contribution in [3.63, 3.8) is 0 Å². The number of fused-ring (bicyclic) bond motifs is 1. The minimum absolute atomic E-state index is 0.195. The molecule has 4 rings (SSSR count). The van der Waals surface area contributed by atoms with Gasteiger partial charge in [-0.05, 0) is 67.9 Å². The van der Waals surface area contributed by atoms with Crippen LogP contribution in [0.2, 0.25) is 0 Å². The van der Waals surface area contributed by atoms with Gasteiger partial charge in [0.05, 0.1) is 12.5 Å². The van der Waals surface area contributed by atoms with Crippen molar-refractivity contribution in [2.45, 2.75) is 52.0 Å². The summed E-state index contributed by atoms with van der Waals surface area (Å²) in [6.45, 7) is 6.21. The summed E-state index contributed by atoms with van der Waals surface area (Å²) < 4.78 is 14.1. The Morgan fingerprint density at radius 3 is 2.82 bits per heavy atom. The first-order valence-electron chi connectivity index (χ1n) is 11.6. The fraction of sp³-hybridized carbons (Fsp3) is 0.480.